The van der Waals surface area contributed by atoms with Gasteiger partial charge in [-0.2, -0.15) is 0 Å². The molecule has 0 saturated heterocycles. The van der Waals surface area contributed by atoms with Crippen LogP contribution in [0.5, 0.6) is 0 Å². The van der Waals surface area contributed by atoms with Gasteiger partial charge in [0.2, 0.25) is 0 Å². The Morgan fingerprint density at radius 3 is 0.688 bits per heavy atom. The van der Waals surface area contributed by atoms with Gasteiger partial charge in [-0.1, -0.05) is 13.8 Å². The molecule has 2 N–H and O–H groups in total. The maximum absolute atomic E-state index is 11.5. The number of fused-ring (bicyclic) bond motifs is 2. The Kier molecular flexibility index (Phi) is 10.4. The molecule has 2 aliphatic rings. The SMILES string of the molecule is CC.O=C1NC(=O)c2c(Br)c(Br)c(Br)c(Br)c21.O=C1NC(=O)c2c(Br)c(Br)c(Br)c(Br)c21. The zero-order chi connectivity index (χ0) is 24.7. The average Bonchev–Trinajstić information content (AvgIpc) is 3.23. The van der Waals surface area contributed by atoms with Gasteiger partial charge in [0, 0.05) is 35.8 Å². The van der Waals surface area contributed by atoms with E-state index in [1.165, 1.54) is 0 Å². The van der Waals surface area contributed by atoms with Crippen molar-refractivity contribution in [3.8, 4) is 0 Å². The number of nitrogens with one attached hydrogen (secondary N) is 2. The monoisotopic (exact) mass is 947 g/mol. The minimum atomic E-state index is -0.393. The third kappa shape index (κ3) is 5.07. The Morgan fingerprint density at radius 1 is 0.375 bits per heavy atom. The summed E-state index contributed by atoms with van der Waals surface area (Å²) >= 11 is 26.4. The first-order valence-corrected chi connectivity index (χ1v) is 14.7. The summed E-state index contributed by atoms with van der Waals surface area (Å²) in [5, 5.41) is 4.48. The molecule has 0 atom stereocenters. The number of hydrogen-bond donors (Lipinski definition) is 2. The second-order valence-electron chi connectivity index (χ2n) is 5.58. The van der Waals surface area contributed by atoms with Crippen molar-refractivity contribution in [1.82, 2.24) is 10.6 Å². The first-order valence-electron chi connectivity index (χ1n) is 8.33. The predicted octanol–water partition coefficient (Wildman–Crippen LogP) is 8.27. The molecule has 0 radical (unpaired) electrons. The second-order valence-corrected chi connectivity index (χ2v) is 11.9. The summed E-state index contributed by atoms with van der Waals surface area (Å²) < 4.78 is 5.03. The number of halogens is 8. The van der Waals surface area contributed by atoms with Crippen molar-refractivity contribution in [3.05, 3.63) is 58.0 Å². The van der Waals surface area contributed by atoms with Crippen LogP contribution < -0.4 is 10.6 Å². The van der Waals surface area contributed by atoms with E-state index >= 15 is 0 Å². The molecule has 0 spiro atoms. The van der Waals surface area contributed by atoms with Crippen molar-refractivity contribution < 1.29 is 19.2 Å². The summed E-state index contributed by atoms with van der Waals surface area (Å²) in [6.07, 6.45) is 0. The summed E-state index contributed by atoms with van der Waals surface area (Å²) in [6.45, 7) is 4.00. The maximum atomic E-state index is 11.5. The lowest BCUT2D eigenvalue weighted by Gasteiger charge is -2.07. The predicted molar refractivity (Wildman–Crippen MR) is 149 cm³/mol. The van der Waals surface area contributed by atoms with Gasteiger partial charge in [-0.25, -0.2) is 0 Å². The Bertz CT molecular complexity index is 1030. The lowest BCUT2D eigenvalue weighted by Crippen LogP contribution is -2.20. The van der Waals surface area contributed by atoms with Gasteiger partial charge in [0.15, 0.2) is 0 Å². The number of carbonyl (C=O) groups excluding carboxylic acids is 4. The second kappa shape index (κ2) is 11.5. The number of benzene rings is 2. The molecule has 6 nitrogen and oxygen atoms in total. The molecule has 0 aliphatic carbocycles. The van der Waals surface area contributed by atoms with E-state index in [1.54, 1.807) is 0 Å². The molecular formula is C18H8Br8N2O4. The zero-order valence-electron chi connectivity index (χ0n) is 15.7. The van der Waals surface area contributed by atoms with E-state index in [0.29, 0.717) is 58.0 Å². The Morgan fingerprint density at radius 2 is 0.531 bits per heavy atom. The third-order valence-corrected chi connectivity index (χ3v) is 13.4. The van der Waals surface area contributed by atoms with E-state index < -0.39 is 23.6 Å². The van der Waals surface area contributed by atoms with Crippen LogP contribution in [-0.4, -0.2) is 23.6 Å². The van der Waals surface area contributed by atoms with Crippen LogP contribution in [0.2, 0.25) is 0 Å². The van der Waals surface area contributed by atoms with Crippen molar-refractivity contribution in [2.75, 3.05) is 0 Å². The minimum absolute atomic E-state index is 0.349. The molecule has 32 heavy (non-hydrogen) atoms. The van der Waals surface area contributed by atoms with Crippen molar-refractivity contribution >= 4 is 151 Å². The molecule has 2 aromatic rings. The van der Waals surface area contributed by atoms with Crippen molar-refractivity contribution in [3.63, 3.8) is 0 Å². The zero-order valence-corrected chi connectivity index (χ0v) is 28.3. The molecule has 0 bridgehead atoms. The average molecular weight is 956 g/mol. The summed E-state index contributed by atoms with van der Waals surface area (Å²) in [6, 6.07) is 0. The highest BCUT2D eigenvalue weighted by Gasteiger charge is 2.35. The standard InChI is InChI=1S/2C8HBr4NO2.C2H6/c2*9-3-1-2(8(15)13-7(1)14)4(10)6(12)5(3)11;1-2/h2*(H,13,14,15);1-2H3. The van der Waals surface area contributed by atoms with Crippen LogP contribution in [0.1, 0.15) is 55.3 Å². The highest BCUT2D eigenvalue weighted by Crippen LogP contribution is 2.44. The van der Waals surface area contributed by atoms with Gasteiger partial charge >= 0.3 is 0 Å². The van der Waals surface area contributed by atoms with Crippen molar-refractivity contribution in [1.29, 1.82) is 0 Å². The molecule has 4 rings (SSSR count). The van der Waals surface area contributed by atoms with Crippen LogP contribution in [0.25, 0.3) is 0 Å². The Hall–Kier alpha value is 0.560. The lowest BCUT2D eigenvalue weighted by atomic mass is 10.1. The number of rotatable bonds is 0. The summed E-state index contributed by atoms with van der Waals surface area (Å²) in [4.78, 5) is 46.0. The van der Waals surface area contributed by atoms with E-state index in [-0.39, 0.29) is 0 Å². The fourth-order valence-corrected chi connectivity index (χ4v) is 7.53. The van der Waals surface area contributed by atoms with Crippen molar-refractivity contribution in [2.24, 2.45) is 0 Å². The van der Waals surface area contributed by atoms with Crippen LogP contribution in [0.4, 0.5) is 0 Å². The van der Waals surface area contributed by atoms with Gasteiger partial charge < -0.3 is 0 Å². The van der Waals surface area contributed by atoms with Gasteiger partial charge in [0.05, 0.1) is 22.3 Å². The fourth-order valence-electron chi connectivity index (χ4n) is 2.57. The quantitative estimate of drug-likeness (QED) is 0.158. The number of hydrogen-bond acceptors (Lipinski definition) is 4. The molecule has 2 heterocycles. The van der Waals surface area contributed by atoms with Crippen LogP contribution in [0.3, 0.4) is 0 Å². The molecule has 2 aromatic carbocycles. The fraction of sp³-hybridized carbons (Fsp3) is 0.111. The molecular weight excluding hydrogens is 947 g/mol. The van der Waals surface area contributed by atoms with Crippen LogP contribution in [0.15, 0.2) is 35.8 Å². The summed E-state index contributed by atoms with van der Waals surface area (Å²) in [7, 11) is 0. The van der Waals surface area contributed by atoms with Crippen molar-refractivity contribution in [2.45, 2.75) is 13.8 Å². The van der Waals surface area contributed by atoms with Crippen LogP contribution in [0, 0.1) is 0 Å². The maximum Gasteiger partial charge on any atom is 0.260 e. The normalized spacial score (nSPS) is 13.4. The van der Waals surface area contributed by atoms with E-state index in [9.17, 15) is 19.2 Å². The topological polar surface area (TPSA) is 92.3 Å². The number of carbonyl (C=O) groups is 4. The number of imide groups is 2. The number of amides is 4. The highest BCUT2D eigenvalue weighted by molar-refractivity contribution is 9.15. The van der Waals surface area contributed by atoms with Gasteiger partial charge in [0.1, 0.15) is 0 Å². The highest BCUT2D eigenvalue weighted by atomic mass is 79.9. The van der Waals surface area contributed by atoms with Gasteiger partial charge in [-0.15, -0.1) is 0 Å². The summed E-state index contributed by atoms with van der Waals surface area (Å²) in [5.41, 5.74) is 1.40. The van der Waals surface area contributed by atoms with Crippen LogP contribution in [-0.2, 0) is 0 Å². The molecule has 14 heteroatoms. The minimum Gasteiger partial charge on any atom is -0.288 e. The van der Waals surface area contributed by atoms with E-state index in [2.05, 4.69) is 138 Å². The molecule has 2 aliphatic heterocycles. The van der Waals surface area contributed by atoms with Crippen LogP contribution >= 0.6 is 127 Å². The Balaban J connectivity index is 0.000000211. The molecule has 170 valence electrons. The third-order valence-electron chi connectivity index (χ3n) is 3.90. The summed E-state index contributed by atoms with van der Waals surface area (Å²) in [5.74, 6) is -1.57. The molecule has 4 amide bonds. The molecule has 0 aromatic heterocycles. The van der Waals surface area contributed by atoms with Gasteiger partial charge in [-0.05, 0) is 127 Å². The molecule has 0 unspecified atom stereocenters. The smallest absolute Gasteiger partial charge is 0.260 e. The van der Waals surface area contributed by atoms with Gasteiger partial charge in [-0.3, -0.25) is 29.8 Å². The van der Waals surface area contributed by atoms with E-state index in [1.807, 2.05) is 13.8 Å². The first kappa shape index (κ1) is 28.8. The Labute approximate surface area is 249 Å². The first-order chi connectivity index (χ1) is 14.9. The largest absolute Gasteiger partial charge is 0.288 e. The lowest BCUT2D eigenvalue weighted by molar-refractivity contribution is 0.0862. The molecule has 0 fully saturated rings. The molecule has 0 saturated carbocycles. The van der Waals surface area contributed by atoms with Gasteiger partial charge in [0.25, 0.3) is 23.6 Å². The van der Waals surface area contributed by atoms with E-state index in [4.69, 9.17) is 0 Å². The van der Waals surface area contributed by atoms with E-state index in [0.717, 1.165) is 0 Å².